The van der Waals surface area contributed by atoms with E-state index in [1.165, 1.54) is 29.4 Å². The van der Waals surface area contributed by atoms with Gasteiger partial charge in [-0.15, -0.1) is 0 Å². The van der Waals surface area contributed by atoms with Crippen molar-refractivity contribution < 1.29 is 28.6 Å². The minimum Gasteiger partial charge on any atom is -0.390 e. The number of ketones is 2. The van der Waals surface area contributed by atoms with Gasteiger partial charge in [0, 0.05) is 31.0 Å². The van der Waals surface area contributed by atoms with Crippen LogP contribution in [0.5, 0.6) is 0 Å². The van der Waals surface area contributed by atoms with Crippen LogP contribution in [0.1, 0.15) is 49.8 Å². The first kappa shape index (κ1) is 29.7. The first-order valence-corrected chi connectivity index (χ1v) is 15.9. The Morgan fingerprint density at radius 2 is 1.68 bits per heavy atom. The van der Waals surface area contributed by atoms with Crippen molar-refractivity contribution in [1.82, 2.24) is 4.90 Å². The van der Waals surface area contributed by atoms with Crippen molar-refractivity contribution in [3.8, 4) is 0 Å². The van der Waals surface area contributed by atoms with Crippen LogP contribution >= 0.6 is 0 Å². The largest absolute Gasteiger partial charge is 0.390 e. The normalized spacial score (nSPS) is 41.0. The summed E-state index contributed by atoms with van der Waals surface area (Å²) in [6, 6.07) is 18.8. The van der Waals surface area contributed by atoms with Crippen molar-refractivity contribution in [3.05, 3.63) is 95.1 Å². The fourth-order valence-electron chi connectivity index (χ4n) is 10.5. The summed E-state index contributed by atoms with van der Waals surface area (Å²) in [5.41, 5.74) is -1.72. The number of likely N-dealkylation sites (tertiary alicyclic amines) is 1. The highest BCUT2D eigenvalue weighted by Gasteiger charge is 2.78. The average molecular weight is 602 g/mol. The molecule has 2 aromatic carbocycles. The number of carbonyl (C=O) groups excluding carboxylic acids is 2. The number of aliphatic hydroxyl groups excluding tert-OH is 2. The maximum absolute atomic E-state index is 17.6. The lowest BCUT2D eigenvalue weighted by molar-refractivity contribution is -0.212. The molecule has 44 heavy (non-hydrogen) atoms. The lowest BCUT2D eigenvalue weighted by Crippen LogP contribution is -2.69. The van der Waals surface area contributed by atoms with Crippen molar-refractivity contribution >= 4 is 11.6 Å². The number of Topliss-reactive ketones (excluding diaryl/α,β-unsaturated/α-hetero) is 1. The van der Waals surface area contributed by atoms with Gasteiger partial charge < -0.3 is 10.2 Å². The maximum Gasteiger partial charge on any atom is 0.178 e. The lowest BCUT2D eigenvalue weighted by atomic mass is 9.43. The van der Waals surface area contributed by atoms with E-state index in [0.29, 0.717) is 26.1 Å². The van der Waals surface area contributed by atoms with Crippen molar-refractivity contribution in [2.45, 2.75) is 64.0 Å². The van der Waals surface area contributed by atoms with Crippen LogP contribution in [0.25, 0.3) is 0 Å². The summed E-state index contributed by atoms with van der Waals surface area (Å²) in [4.78, 5) is 28.2. The Morgan fingerprint density at radius 1 is 1.00 bits per heavy atom. The number of nitrogens with zero attached hydrogens (tertiary/aromatic N) is 1. The molecule has 2 aromatic rings. The summed E-state index contributed by atoms with van der Waals surface area (Å²) < 4.78 is 33.4. The van der Waals surface area contributed by atoms with E-state index >= 15 is 8.78 Å². The van der Waals surface area contributed by atoms with Gasteiger partial charge in [0.05, 0.1) is 11.5 Å². The smallest absolute Gasteiger partial charge is 0.178 e. The van der Waals surface area contributed by atoms with Gasteiger partial charge in [0.15, 0.2) is 17.2 Å². The molecule has 0 aromatic heterocycles. The van der Waals surface area contributed by atoms with E-state index in [0.717, 1.165) is 12.0 Å². The average Bonchev–Trinajstić information content (AvgIpc) is 3.48. The number of benzene rings is 2. The number of hydrogen-bond donors (Lipinski definition) is 2. The van der Waals surface area contributed by atoms with E-state index in [1.54, 1.807) is 6.92 Å². The second kappa shape index (κ2) is 10.3. The number of alkyl halides is 2. The van der Waals surface area contributed by atoms with Crippen LogP contribution in [0.4, 0.5) is 8.78 Å². The molecule has 3 saturated carbocycles. The Morgan fingerprint density at radius 3 is 2.39 bits per heavy atom. The number of rotatable bonds is 6. The van der Waals surface area contributed by atoms with Crippen LogP contribution in [-0.2, 0) is 22.6 Å². The fourth-order valence-corrected chi connectivity index (χ4v) is 10.5. The van der Waals surface area contributed by atoms with Crippen molar-refractivity contribution in [2.75, 3.05) is 19.7 Å². The second-order valence-electron chi connectivity index (χ2n) is 14.5. The van der Waals surface area contributed by atoms with Gasteiger partial charge in [0.1, 0.15) is 12.8 Å². The molecule has 1 heterocycles. The first-order valence-electron chi connectivity index (χ1n) is 15.9. The van der Waals surface area contributed by atoms with E-state index in [9.17, 15) is 19.8 Å². The van der Waals surface area contributed by atoms with E-state index in [1.807, 2.05) is 25.1 Å². The highest BCUT2D eigenvalue weighted by atomic mass is 19.1. The SMILES string of the molecule is CC12C=CC(=O)C=C1C(F)CC1C3CC4CN(Cc5ccc(Cc6ccccc6)cc5)CC4(C(=O)CO)C3(C)CC(O)C12F. The molecule has 9 unspecified atom stereocenters. The number of allylic oxidation sites excluding steroid dienone is 4. The van der Waals surface area contributed by atoms with Gasteiger partial charge in [0.2, 0.25) is 0 Å². The van der Waals surface area contributed by atoms with Gasteiger partial charge in [-0.1, -0.05) is 67.6 Å². The molecule has 2 N–H and O–H groups in total. The molecule has 5 aliphatic rings. The zero-order valence-electron chi connectivity index (χ0n) is 25.4. The number of aliphatic hydroxyl groups is 2. The molecule has 0 amide bonds. The predicted molar refractivity (Wildman–Crippen MR) is 163 cm³/mol. The first-order chi connectivity index (χ1) is 21.0. The van der Waals surface area contributed by atoms with Crippen LogP contribution < -0.4 is 0 Å². The van der Waals surface area contributed by atoms with Crippen LogP contribution in [-0.4, -0.2) is 64.3 Å². The molecule has 4 fully saturated rings. The molecular weight excluding hydrogens is 560 g/mol. The highest BCUT2D eigenvalue weighted by molar-refractivity contribution is 6.01. The van der Waals surface area contributed by atoms with Gasteiger partial charge in [0.25, 0.3) is 0 Å². The molecule has 0 radical (unpaired) electrons. The van der Waals surface area contributed by atoms with Gasteiger partial charge in [-0.05, 0) is 84.3 Å². The molecule has 0 spiro atoms. The molecule has 5 nitrogen and oxygen atoms in total. The number of halogens is 2. The van der Waals surface area contributed by atoms with Gasteiger partial charge in [-0.2, -0.15) is 0 Å². The Balaban J connectivity index is 1.17. The van der Waals surface area contributed by atoms with Crippen molar-refractivity contribution in [3.63, 3.8) is 0 Å². The Labute approximate surface area is 257 Å². The third-order valence-corrected chi connectivity index (χ3v) is 12.5. The maximum atomic E-state index is 17.6. The Kier molecular flexibility index (Phi) is 6.93. The molecule has 9 atom stereocenters. The Hall–Kier alpha value is -3.00. The number of carbonyl (C=O) groups is 2. The van der Waals surface area contributed by atoms with Crippen LogP contribution in [0.2, 0.25) is 0 Å². The zero-order valence-corrected chi connectivity index (χ0v) is 25.4. The van der Waals surface area contributed by atoms with E-state index in [2.05, 4.69) is 41.3 Å². The molecule has 0 bridgehead atoms. The van der Waals surface area contributed by atoms with Gasteiger partial charge in [-0.3, -0.25) is 14.5 Å². The summed E-state index contributed by atoms with van der Waals surface area (Å²) >= 11 is 0. The van der Waals surface area contributed by atoms with E-state index in [4.69, 9.17) is 0 Å². The zero-order chi connectivity index (χ0) is 31.1. The monoisotopic (exact) mass is 601 g/mol. The minimum absolute atomic E-state index is 0.0382. The topological polar surface area (TPSA) is 77.8 Å². The van der Waals surface area contributed by atoms with E-state index < -0.39 is 46.7 Å². The lowest BCUT2D eigenvalue weighted by Gasteiger charge is -2.63. The minimum atomic E-state index is -2.17. The molecule has 4 aliphatic carbocycles. The second-order valence-corrected chi connectivity index (χ2v) is 14.5. The van der Waals surface area contributed by atoms with Gasteiger partial charge >= 0.3 is 0 Å². The molecule has 232 valence electrons. The quantitative estimate of drug-likeness (QED) is 0.477. The summed E-state index contributed by atoms with van der Waals surface area (Å²) in [7, 11) is 0. The molecule has 1 saturated heterocycles. The summed E-state index contributed by atoms with van der Waals surface area (Å²) in [6.45, 7) is 4.61. The van der Waals surface area contributed by atoms with Crippen LogP contribution in [0.15, 0.2) is 78.4 Å². The Bertz CT molecular complexity index is 1540. The van der Waals surface area contributed by atoms with Crippen LogP contribution in [0.3, 0.4) is 0 Å². The third-order valence-electron chi connectivity index (χ3n) is 12.5. The van der Waals surface area contributed by atoms with Crippen LogP contribution in [0, 0.1) is 34.0 Å². The molecule has 7 rings (SSSR count). The number of hydrogen-bond acceptors (Lipinski definition) is 5. The summed E-state index contributed by atoms with van der Waals surface area (Å²) in [5, 5.41) is 22.0. The van der Waals surface area contributed by atoms with Gasteiger partial charge in [-0.25, -0.2) is 8.78 Å². The van der Waals surface area contributed by atoms with E-state index in [-0.39, 0.29) is 41.8 Å². The number of fused-ring (bicyclic) bond motifs is 7. The fraction of sp³-hybridized carbons (Fsp3) is 0.514. The predicted octanol–water partition coefficient (Wildman–Crippen LogP) is 5.19. The summed E-state index contributed by atoms with van der Waals surface area (Å²) in [6.07, 6.45) is 2.26. The molecular formula is C37H41F2NO4. The summed E-state index contributed by atoms with van der Waals surface area (Å²) in [5.74, 6) is -1.96. The van der Waals surface area contributed by atoms with Crippen molar-refractivity contribution in [1.29, 1.82) is 0 Å². The molecule has 1 aliphatic heterocycles. The van der Waals surface area contributed by atoms with Crippen molar-refractivity contribution in [2.24, 2.45) is 34.0 Å². The highest BCUT2D eigenvalue weighted by Crippen LogP contribution is 2.74. The third kappa shape index (κ3) is 3.98. The standard InChI is InChI=1S/C37H41F2NO4/c1-34-13-12-27(42)16-30(34)31(38)17-29-28-15-26-20-40(19-25-10-8-24(9-11-25)14-23-6-4-3-5-7-23)22-36(26,33(44)21-41)35(28,2)18-32(43)37(29,34)39/h3-13,16,26,28-29,31-32,41,43H,14-15,17-22H2,1-2H3. The molecule has 7 heteroatoms.